The van der Waals surface area contributed by atoms with Crippen LogP contribution in [0.15, 0.2) is 11.3 Å². The molecule has 3 aliphatic heterocycles. The minimum absolute atomic E-state index is 0.131. The molecule has 15 nitrogen and oxygen atoms in total. The van der Waals surface area contributed by atoms with Gasteiger partial charge in [0, 0.05) is 19.4 Å². The number of aromatic nitrogens is 2. The van der Waals surface area contributed by atoms with Gasteiger partial charge in [-0.1, -0.05) is 0 Å². The van der Waals surface area contributed by atoms with Crippen LogP contribution in [-0.4, -0.2) is 115 Å². The van der Waals surface area contributed by atoms with Gasteiger partial charge in [-0.25, -0.2) is 14.8 Å². The lowest BCUT2D eigenvalue weighted by Crippen LogP contribution is -2.37. The predicted molar refractivity (Wildman–Crippen MR) is 145 cm³/mol. The molecule has 5 atom stereocenters. The molecule has 0 radical (unpaired) electrons. The lowest BCUT2D eigenvalue weighted by molar-refractivity contribution is -0.159. The standard InChI is InChI=1S/C26H35N5O10S/c1-42-19-7-20(35)30(24(19)36)8-14-2-4-15(5-3-14)25(37)39-13-40-26(38)29-9-17(34)22-23(28-11-29)31(12-27-22)21-6-16(33)18(10-32)41-21/h11-12,14-19,21,32-34H,2-10,13H2,1H3/t14?,15?,16-,17-,18+,19?,21+/m1/s1. The molecule has 1 aromatic rings. The van der Waals surface area contributed by atoms with Crippen molar-refractivity contribution >= 4 is 47.8 Å². The Bertz CT molecular complexity index is 1220. The minimum atomic E-state index is -1.20. The van der Waals surface area contributed by atoms with Crippen LogP contribution >= 0.6 is 11.8 Å². The number of carbonyl (C=O) groups excluding carboxylic acids is 4. The lowest BCUT2D eigenvalue weighted by Gasteiger charge is -2.29. The molecule has 3 N–H and O–H groups in total. The minimum Gasteiger partial charge on any atom is -0.428 e. The normalized spacial score (nSPS) is 31.3. The lowest BCUT2D eigenvalue weighted by atomic mass is 9.82. The Morgan fingerprint density at radius 2 is 1.93 bits per heavy atom. The molecule has 1 unspecified atom stereocenters. The van der Waals surface area contributed by atoms with Crippen molar-refractivity contribution in [2.24, 2.45) is 16.8 Å². The SMILES string of the molecule is CSC1CC(=O)N(CC2CCC(C(=O)OCOC(=O)N3C=Nc4c(ncn4[C@@H]4C[C@@H](O)[C@H](CO)O4)[C@H](O)C3)CC2)C1=O. The number of hydrogen-bond donors (Lipinski definition) is 3. The second-order valence-electron chi connectivity index (χ2n) is 10.9. The highest BCUT2D eigenvalue weighted by Gasteiger charge is 2.40. The number of nitrogens with zero attached hydrogens (tertiary/aromatic N) is 5. The summed E-state index contributed by atoms with van der Waals surface area (Å²) in [4.78, 5) is 60.6. The summed E-state index contributed by atoms with van der Waals surface area (Å²) in [6, 6.07) is 0. The van der Waals surface area contributed by atoms with Gasteiger partial charge in [-0.05, 0) is 37.9 Å². The summed E-state index contributed by atoms with van der Waals surface area (Å²) in [5.41, 5.74) is 0.205. The summed E-state index contributed by atoms with van der Waals surface area (Å²) >= 11 is 1.38. The molecule has 1 saturated carbocycles. The quantitative estimate of drug-likeness (QED) is 0.210. The summed E-state index contributed by atoms with van der Waals surface area (Å²) in [7, 11) is 0. The van der Waals surface area contributed by atoms with E-state index in [0.29, 0.717) is 32.2 Å². The van der Waals surface area contributed by atoms with E-state index in [1.54, 1.807) is 0 Å². The molecule has 4 aliphatic rings. The van der Waals surface area contributed by atoms with Gasteiger partial charge >= 0.3 is 12.1 Å². The monoisotopic (exact) mass is 609 g/mol. The molecular weight excluding hydrogens is 574 g/mol. The van der Waals surface area contributed by atoms with Gasteiger partial charge < -0.3 is 29.5 Å². The maximum Gasteiger partial charge on any atom is 0.418 e. The fourth-order valence-electron chi connectivity index (χ4n) is 5.77. The zero-order chi connectivity index (χ0) is 30.0. The third kappa shape index (κ3) is 6.32. The van der Waals surface area contributed by atoms with Crippen molar-refractivity contribution in [3.8, 4) is 0 Å². The summed E-state index contributed by atoms with van der Waals surface area (Å²) in [6.45, 7) is -0.804. The predicted octanol–water partition coefficient (Wildman–Crippen LogP) is 0.467. The molecule has 42 heavy (non-hydrogen) atoms. The first-order chi connectivity index (χ1) is 20.2. The second kappa shape index (κ2) is 13.1. The van der Waals surface area contributed by atoms with Crippen molar-refractivity contribution in [2.75, 3.05) is 32.7 Å². The zero-order valence-corrected chi connectivity index (χ0v) is 23.9. The number of ether oxygens (including phenoxy) is 3. The molecule has 1 aromatic heterocycles. The van der Waals surface area contributed by atoms with E-state index in [1.807, 2.05) is 6.26 Å². The van der Waals surface area contributed by atoms with Crippen LogP contribution in [0.25, 0.3) is 0 Å². The van der Waals surface area contributed by atoms with Crippen LogP contribution in [0.5, 0.6) is 0 Å². The number of amides is 3. The number of aliphatic hydroxyl groups excluding tert-OH is 3. The summed E-state index contributed by atoms with van der Waals surface area (Å²) in [6.07, 6.45) is 2.87. The molecule has 0 aromatic carbocycles. The van der Waals surface area contributed by atoms with Gasteiger partial charge in [0.25, 0.3) is 0 Å². The fourth-order valence-corrected chi connectivity index (χ4v) is 6.41. The average Bonchev–Trinajstić information content (AvgIpc) is 3.62. The first-order valence-corrected chi connectivity index (χ1v) is 15.2. The van der Waals surface area contributed by atoms with Crippen molar-refractivity contribution in [3.05, 3.63) is 12.0 Å². The van der Waals surface area contributed by atoms with Gasteiger partial charge in [0.05, 0.1) is 36.8 Å². The summed E-state index contributed by atoms with van der Waals surface area (Å²) < 4.78 is 17.4. The molecule has 3 amide bonds. The summed E-state index contributed by atoms with van der Waals surface area (Å²) in [5.74, 6) is -0.782. The molecule has 5 rings (SSSR count). The molecule has 2 saturated heterocycles. The fraction of sp³-hybridized carbons (Fsp3) is 0.692. The third-order valence-corrected chi connectivity index (χ3v) is 9.16. The van der Waals surface area contributed by atoms with Gasteiger partial charge in [0.1, 0.15) is 30.5 Å². The van der Waals surface area contributed by atoms with Crippen molar-refractivity contribution < 1.29 is 48.7 Å². The van der Waals surface area contributed by atoms with Crippen LogP contribution < -0.4 is 0 Å². The number of carbonyl (C=O) groups is 4. The van der Waals surface area contributed by atoms with Gasteiger partial charge in [-0.3, -0.25) is 28.8 Å². The molecule has 0 spiro atoms. The Labute approximate surface area is 245 Å². The molecule has 230 valence electrons. The van der Waals surface area contributed by atoms with E-state index >= 15 is 0 Å². The Kier molecular flexibility index (Phi) is 9.47. The maximum absolute atomic E-state index is 12.6. The van der Waals surface area contributed by atoms with E-state index < -0.39 is 43.4 Å². The van der Waals surface area contributed by atoms with Crippen LogP contribution in [0.3, 0.4) is 0 Å². The van der Waals surface area contributed by atoms with Gasteiger partial charge in [0.15, 0.2) is 5.82 Å². The second-order valence-corrected chi connectivity index (χ2v) is 11.9. The first-order valence-electron chi connectivity index (χ1n) is 13.9. The van der Waals surface area contributed by atoms with E-state index in [-0.39, 0.29) is 66.4 Å². The molecule has 16 heteroatoms. The molecule has 3 fully saturated rings. The van der Waals surface area contributed by atoms with Crippen LogP contribution in [0.2, 0.25) is 0 Å². The van der Waals surface area contributed by atoms with Gasteiger partial charge in [-0.2, -0.15) is 11.8 Å². The first kappa shape index (κ1) is 30.4. The van der Waals surface area contributed by atoms with E-state index in [2.05, 4.69) is 9.98 Å². The van der Waals surface area contributed by atoms with Crippen molar-refractivity contribution in [1.29, 1.82) is 0 Å². The van der Waals surface area contributed by atoms with Crippen LogP contribution in [0, 0.1) is 11.8 Å². The molecule has 4 heterocycles. The Hall–Kier alpha value is -3.05. The van der Waals surface area contributed by atoms with E-state index in [0.717, 1.165) is 4.90 Å². The van der Waals surface area contributed by atoms with Crippen molar-refractivity contribution in [2.45, 2.75) is 68.3 Å². The van der Waals surface area contributed by atoms with E-state index in [9.17, 15) is 34.5 Å². The smallest absolute Gasteiger partial charge is 0.418 e. The number of aliphatic hydroxyl groups is 3. The number of β-amino-alcohol motifs (C(OH)–C–C–N with tert-alkyl or cyclic N) is 1. The highest BCUT2D eigenvalue weighted by Crippen LogP contribution is 2.36. The van der Waals surface area contributed by atoms with Crippen LogP contribution in [-0.2, 0) is 28.6 Å². The number of rotatable bonds is 8. The third-order valence-electron chi connectivity index (χ3n) is 8.22. The number of fused-ring (bicyclic) bond motifs is 1. The van der Waals surface area contributed by atoms with Crippen LogP contribution in [0.1, 0.15) is 56.6 Å². The molecular formula is C26H35N5O10S. The topological polar surface area (TPSA) is 193 Å². The number of esters is 1. The zero-order valence-electron chi connectivity index (χ0n) is 23.1. The van der Waals surface area contributed by atoms with Gasteiger partial charge in [-0.15, -0.1) is 0 Å². The van der Waals surface area contributed by atoms with Crippen LogP contribution in [0.4, 0.5) is 10.6 Å². The van der Waals surface area contributed by atoms with Crippen molar-refractivity contribution in [3.63, 3.8) is 0 Å². The Morgan fingerprint density at radius 3 is 2.60 bits per heavy atom. The maximum atomic E-state index is 12.6. The number of hydrogen-bond acceptors (Lipinski definition) is 13. The Balaban J connectivity index is 1.07. The average molecular weight is 610 g/mol. The highest BCUT2D eigenvalue weighted by atomic mass is 32.2. The highest BCUT2D eigenvalue weighted by molar-refractivity contribution is 8.00. The Morgan fingerprint density at radius 1 is 1.17 bits per heavy atom. The number of aliphatic imine (C=N–C) groups is 1. The van der Waals surface area contributed by atoms with E-state index in [1.165, 1.54) is 33.9 Å². The summed E-state index contributed by atoms with van der Waals surface area (Å²) in [5, 5.41) is 29.7. The number of thioether (sulfide) groups is 1. The van der Waals surface area contributed by atoms with Crippen molar-refractivity contribution in [1.82, 2.24) is 19.4 Å². The van der Waals surface area contributed by atoms with Gasteiger partial charge in [0.2, 0.25) is 18.6 Å². The number of likely N-dealkylation sites (tertiary alicyclic amines) is 1. The largest absolute Gasteiger partial charge is 0.428 e. The van der Waals surface area contributed by atoms with E-state index in [4.69, 9.17) is 14.2 Å². The number of imide groups is 1. The molecule has 1 aliphatic carbocycles. The number of imidazole rings is 1. The molecule has 0 bridgehead atoms.